The van der Waals surface area contributed by atoms with Crippen molar-refractivity contribution in [1.29, 1.82) is 0 Å². The summed E-state index contributed by atoms with van der Waals surface area (Å²) in [5, 5.41) is 6.34. The largest absolute Gasteiger partial charge is 0.497 e. The number of carbonyl (C=O) groups is 1. The van der Waals surface area contributed by atoms with Crippen LogP contribution in [0.1, 0.15) is 38.7 Å². The lowest BCUT2D eigenvalue weighted by atomic mass is 9.95. The lowest BCUT2D eigenvalue weighted by Crippen LogP contribution is -2.44. The summed E-state index contributed by atoms with van der Waals surface area (Å²) in [5.41, 5.74) is 0.449. The second kappa shape index (κ2) is 11.0. The highest BCUT2D eigenvalue weighted by atomic mass is 19.1. The molecule has 34 heavy (non-hydrogen) atoms. The maximum Gasteiger partial charge on any atom is 0.331 e. The molecule has 1 aromatic carbocycles. The predicted molar refractivity (Wildman–Crippen MR) is 128 cm³/mol. The van der Waals surface area contributed by atoms with E-state index in [9.17, 15) is 9.18 Å². The van der Waals surface area contributed by atoms with Crippen molar-refractivity contribution in [3.8, 4) is 11.5 Å². The third kappa shape index (κ3) is 5.62. The molecule has 0 aliphatic heterocycles. The average Bonchev–Trinajstić information content (AvgIpc) is 2.85. The van der Waals surface area contributed by atoms with Crippen LogP contribution < -0.4 is 20.1 Å². The zero-order valence-electron chi connectivity index (χ0n) is 20.1. The number of unbranched alkanes of at least 4 members (excludes halogenated alkanes) is 1. The van der Waals surface area contributed by atoms with Gasteiger partial charge in [0.15, 0.2) is 5.82 Å². The van der Waals surface area contributed by atoms with Crippen LogP contribution in [0.5, 0.6) is 11.5 Å². The third-order valence-corrected chi connectivity index (χ3v) is 5.49. The zero-order chi connectivity index (χ0) is 24.7. The number of rotatable bonds is 11. The van der Waals surface area contributed by atoms with E-state index < -0.39 is 17.3 Å². The molecule has 0 aliphatic carbocycles. The standard InChI is InChI=1S/C24H30FN5O4/c1-6-7-10-24(2,22(31)34-5)30-21-20-18(11-16(25)14-26-20)28-23(29-21)27-13-15-8-9-17(32-3)12-19(15)33-4/h8-9,11-12,14H,6-7,10,13H2,1-5H3,(H2,27,28,29,30). The number of nitrogens with zero attached hydrogens (tertiary/aromatic N) is 3. The highest BCUT2D eigenvalue weighted by Gasteiger charge is 2.35. The Morgan fingerprint density at radius 2 is 1.94 bits per heavy atom. The van der Waals surface area contributed by atoms with Gasteiger partial charge in [-0.1, -0.05) is 19.8 Å². The molecule has 0 aliphatic rings. The van der Waals surface area contributed by atoms with Crippen LogP contribution in [0.3, 0.4) is 0 Å². The van der Waals surface area contributed by atoms with Crippen molar-refractivity contribution in [2.24, 2.45) is 0 Å². The second-order valence-electron chi connectivity index (χ2n) is 8.00. The van der Waals surface area contributed by atoms with Crippen LogP contribution >= 0.6 is 0 Å². The molecule has 9 nitrogen and oxygen atoms in total. The number of pyridine rings is 1. The smallest absolute Gasteiger partial charge is 0.331 e. The van der Waals surface area contributed by atoms with Gasteiger partial charge in [-0.3, -0.25) is 0 Å². The lowest BCUT2D eigenvalue weighted by molar-refractivity contribution is -0.145. The average molecular weight is 472 g/mol. The van der Waals surface area contributed by atoms with Crippen LogP contribution in [-0.2, 0) is 16.1 Å². The van der Waals surface area contributed by atoms with Crippen LogP contribution in [0.4, 0.5) is 16.2 Å². The molecule has 2 N–H and O–H groups in total. The van der Waals surface area contributed by atoms with E-state index in [1.54, 1.807) is 27.2 Å². The van der Waals surface area contributed by atoms with Gasteiger partial charge < -0.3 is 24.8 Å². The van der Waals surface area contributed by atoms with Gasteiger partial charge in [0.2, 0.25) is 5.95 Å². The molecule has 0 amide bonds. The first-order chi connectivity index (χ1) is 16.3. The molecule has 3 aromatic rings. The van der Waals surface area contributed by atoms with E-state index in [2.05, 4.69) is 25.6 Å². The number of aromatic nitrogens is 3. The molecule has 10 heteroatoms. The minimum absolute atomic E-state index is 0.239. The lowest BCUT2D eigenvalue weighted by Gasteiger charge is -2.28. The predicted octanol–water partition coefficient (Wildman–Crippen LogP) is 4.33. The summed E-state index contributed by atoms with van der Waals surface area (Å²) < 4.78 is 29.7. The van der Waals surface area contributed by atoms with Crippen molar-refractivity contribution < 1.29 is 23.4 Å². The van der Waals surface area contributed by atoms with Gasteiger partial charge in [-0.25, -0.2) is 19.2 Å². The first-order valence-electron chi connectivity index (χ1n) is 11.0. The van der Waals surface area contributed by atoms with Crippen molar-refractivity contribution in [3.63, 3.8) is 0 Å². The first-order valence-corrected chi connectivity index (χ1v) is 11.0. The Bertz CT molecular complexity index is 1160. The Hall–Kier alpha value is -3.69. The molecule has 1 atom stereocenters. The van der Waals surface area contributed by atoms with Gasteiger partial charge >= 0.3 is 5.97 Å². The molecule has 0 fully saturated rings. The Kier molecular flexibility index (Phi) is 8.04. The quantitative estimate of drug-likeness (QED) is 0.395. The van der Waals surface area contributed by atoms with Crippen molar-refractivity contribution in [2.75, 3.05) is 32.0 Å². The van der Waals surface area contributed by atoms with E-state index in [-0.39, 0.29) is 5.95 Å². The summed E-state index contributed by atoms with van der Waals surface area (Å²) in [6.07, 6.45) is 3.31. The highest BCUT2D eigenvalue weighted by Crippen LogP contribution is 2.28. The van der Waals surface area contributed by atoms with E-state index in [1.807, 2.05) is 19.1 Å². The molecule has 0 saturated carbocycles. The number of halogens is 1. The Morgan fingerprint density at radius 1 is 1.15 bits per heavy atom. The molecule has 3 rings (SSSR count). The number of methoxy groups -OCH3 is 3. The number of nitrogens with one attached hydrogen (secondary N) is 2. The Balaban J connectivity index is 1.97. The maximum atomic E-state index is 13.9. The van der Waals surface area contributed by atoms with Gasteiger partial charge in [-0.2, -0.15) is 4.98 Å². The third-order valence-electron chi connectivity index (χ3n) is 5.49. The molecule has 1 unspecified atom stereocenters. The van der Waals surface area contributed by atoms with E-state index in [0.717, 1.165) is 24.6 Å². The maximum absolute atomic E-state index is 13.9. The van der Waals surface area contributed by atoms with Crippen LogP contribution in [-0.4, -0.2) is 47.8 Å². The van der Waals surface area contributed by atoms with Crippen LogP contribution in [0, 0.1) is 5.82 Å². The summed E-state index contributed by atoms with van der Waals surface area (Å²) >= 11 is 0. The molecule has 0 saturated heterocycles. The first kappa shape index (κ1) is 24.9. The number of fused-ring (bicyclic) bond motifs is 1. The van der Waals surface area contributed by atoms with E-state index in [4.69, 9.17) is 14.2 Å². The highest BCUT2D eigenvalue weighted by molar-refractivity contribution is 5.90. The molecule has 0 radical (unpaired) electrons. The van der Waals surface area contributed by atoms with Crippen LogP contribution in [0.25, 0.3) is 11.0 Å². The topological polar surface area (TPSA) is 107 Å². The van der Waals surface area contributed by atoms with Gasteiger partial charge in [0.1, 0.15) is 28.4 Å². The van der Waals surface area contributed by atoms with E-state index in [1.165, 1.54) is 13.2 Å². The van der Waals surface area contributed by atoms with Gasteiger partial charge in [0.25, 0.3) is 0 Å². The van der Waals surface area contributed by atoms with Crippen LogP contribution in [0.2, 0.25) is 0 Å². The fourth-order valence-corrected chi connectivity index (χ4v) is 3.57. The monoisotopic (exact) mass is 471 g/mol. The number of hydrogen-bond donors (Lipinski definition) is 2. The molecular weight excluding hydrogens is 441 g/mol. The second-order valence-corrected chi connectivity index (χ2v) is 8.00. The van der Waals surface area contributed by atoms with E-state index >= 15 is 0 Å². The molecule has 2 heterocycles. The van der Waals surface area contributed by atoms with E-state index in [0.29, 0.717) is 41.3 Å². The summed E-state index contributed by atoms with van der Waals surface area (Å²) in [7, 11) is 4.50. The number of ether oxygens (including phenoxy) is 3. The SMILES string of the molecule is CCCCC(C)(Nc1nc(NCc2ccc(OC)cc2OC)nc2cc(F)cnc12)C(=O)OC. The van der Waals surface area contributed by atoms with Gasteiger partial charge in [-0.15, -0.1) is 0 Å². The summed E-state index contributed by atoms with van der Waals surface area (Å²) in [4.78, 5) is 25.7. The molecular formula is C24H30FN5O4. The molecule has 0 bridgehead atoms. The van der Waals surface area contributed by atoms with Crippen molar-refractivity contribution in [2.45, 2.75) is 45.2 Å². The van der Waals surface area contributed by atoms with Crippen LogP contribution in [0.15, 0.2) is 30.5 Å². The molecule has 182 valence electrons. The summed E-state index contributed by atoms with van der Waals surface area (Å²) in [5.74, 6) is 0.899. The molecule has 2 aromatic heterocycles. The number of benzene rings is 1. The van der Waals surface area contributed by atoms with Crippen molar-refractivity contribution >= 4 is 28.8 Å². The fourth-order valence-electron chi connectivity index (χ4n) is 3.57. The van der Waals surface area contributed by atoms with Gasteiger partial charge in [0.05, 0.1) is 33.0 Å². The number of esters is 1. The van der Waals surface area contributed by atoms with Gasteiger partial charge in [-0.05, 0) is 25.5 Å². The fraction of sp³-hybridized carbons (Fsp3) is 0.417. The Morgan fingerprint density at radius 3 is 2.62 bits per heavy atom. The number of anilines is 2. The van der Waals surface area contributed by atoms with Gasteiger partial charge in [0, 0.05) is 24.2 Å². The minimum Gasteiger partial charge on any atom is -0.497 e. The number of hydrogen-bond acceptors (Lipinski definition) is 9. The summed E-state index contributed by atoms with van der Waals surface area (Å²) in [6, 6.07) is 6.74. The normalized spacial score (nSPS) is 12.6. The Labute approximate surface area is 198 Å². The summed E-state index contributed by atoms with van der Waals surface area (Å²) in [6.45, 7) is 4.13. The number of carbonyl (C=O) groups excluding carboxylic acids is 1. The minimum atomic E-state index is -1.04. The van der Waals surface area contributed by atoms with Crippen molar-refractivity contribution in [1.82, 2.24) is 15.0 Å². The van der Waals surface area contributed by atoms with Crippen molar-refractivity contribution in [3.05, 3.63) is 41.8 Å². The molecule has 0 spiro atoms. The zero-order valence-corrected chi connectivity index (χ0v) is 20.1.